The summed E-state index contributed by atoms with van der Waals surface area (Å²) in [7, 11) is 0. The van der Waals surface area contributed by atoms with Crippen LogP contribution in [0.5, 0.6) is 0 Å². The fourth-order valence-electron chi connectivity index (χ4n) is 3.51. The molecule has 2 amide bonds. The van der Waals surface area contributed by atoms with E-state index in [1.54, 1.807) is 6.07 Å². The van der Waals surface area contributed by atoms with Crippen molar-refractivity contribution in [1.29, 1.82) is 0 Å². The van der Waals surface area contributed by atoms with Crippen molar-refractivity contribution in [2.45, 2.75) is 26.2 Å². The van der Waals surface area contributed by atoms with Crippen LogP contribution in [0.1, 0.15) is 25.3 Å². The van der Waals surface area contributed by atoms with Crippen molar-refractivity contribution in [3.05, 3.63) is 83.0 Å². The lowest BCUT2D eigenvalue weighted by Gasteiger charge is -2.17. The number of unbranched alkanes of at least 4 members (excludes halogenated alkanes) is 1. The van der Waals surface area contributed by atoms with E-state index in [1.165, 1.54) is 5.56 Å². The predicted octanol–water partition coefficient (Wildman–Crippen LogP) is 5.62. The first-order valence-electron chi connectivity index (χ1n) is 9.72. The van der Waals surface area contributed by atoms with Crippen LogP contribution in [0.3, 0.4) is 0 Å². The van der Waals surface area contributed by atoms with E-state index >= 15 is 0 Å². The minimum atomic E-state index is -0.518. The third-order valence-electron chi connectivity index (χ3n) is 5.08. The number of carbonyl (C=O) groups excluding carboxylic acids is 2. The van der Waals surface area contributed by atoms with Gasteiger partial charge >= 0.3 is 0 Å². The molecule has 1 N–H and O–H groups in total. The molecule has 4 nitrogen and oxygen atoms in total. The number of halogens is 1. The van der Waals surface area contributed by atoms with Gasteiger partial charge in [-0.1, -0.05) is 73.5 Å². The molecule has 0 aliphatic carbocycles. The van der Waals surface area contributed by atoms with E-state index in [9.17, 15) is 9.59 Å². The third kappa shape index (κ3) is 3.64. The molecule has 29 heavy (non-hydrogen) atoms. The second-order valence-electron chi connectivity index (χ2n) is 7.06. The second-order valence-corrected chi connectivity index (χ2v) is 7.44. The van der Waals surface area contributed by atoms with Crippen LogP contribution in [-0.4, -0.2) is 11.8 Å². The predicted molar refractivity (Wildman–Crippen MR) is 118 cm³/mol. The summed E-state index contributed by atoms with van der Waals surface area (Å²) in [6.45, 7) is 2.16. The number of imide groups is 1. The largest absolute Gasteiger partial charge is 0.350 e. The number of carbonyl (C=O) groups is 2. The summed E-state index contributed by atoms with van der Waals surface area (Å²) < 4.78 is 0. The Morgan fingerprint density at radius 2 is 1.62 bits per heavy atom. The van der Waals surface area contributed by atoms with Gasteiger partial charge in [-0.25, -0.2) is 4.90 Å². The maximum Gasteiger partial charge on any atom is 0.283 e. The van der Waals surface area contributed by atoms with E-state index in [1.807, 2.05) is 60.7 Å². The highest BCUT2D eigenvalue weighted by molar-refractivity contribution is 6.53. The number of amides is 2. The maximum atomic E-state index is 13.1. The molecule has 146 valence electrons. The minimum Gasteiger partial charge on any atom is -0.350 e. The Hall–Kier alpha value is -3.11. The van der Waals surface area contributed by atoms with Gasteiger partial charge in [0.05, 0.1) is 5.69 Å². The lowest BCUT2D eigenvalue weighted by molar-refractivity contribution is -0.120. The molecule has 5 heteroatoms. The average Bonchev–Trinajstić information content (AvgIpc) is 2.96. The van der Waals surface area contributed by atoms with Gasteiger partial charge < -0.3 is 5.32 Å². The van der Waals surface area contributed by atoms with Crippen LogP contribution in [0.4, 0.5) is 11.4 Å². The number of hydrogen-bond acceptors (Lipinski definition) is 3. The fourth-order valence-corrected chi connectivity index (χ4v) is 3.73. The summed E-state index contributed by atoms with van der Waals surface area (Å²) in [6.07, 6.45) is 3.30. The van der Waals surface area contributed by atoms with E-state index in [0.717, 1.165) is 40.6 Å². The molecule has 0 saturated heterocycles. The third-order valence-corrected chi connectivity index (χ3v) is 5.43. The molecule has 0 fully saturated rings. The molecule has 0 unspecified atom stereocenters. The van der Waals surface area contributed by atoms with E-state index < -0.39 is 11.8 Å². The minimum absolute atomic E-state index is 0.0991. The smallest absolute Gasteiger partial charge is 0.283 e. The zero-order valence-corrected chi connectivity index (χ0v) is 16.9. The Balaban J connectivity index is 1.61. The lowest BCUT2D eigenvalue weighted by atomic mass is 10.1. The molecule has 1 aliphatic heterocycles. The van der Waals surface area contributed by atoms with Crippen molar-refractivity contribution in [2.24, 2.45) is 0 Å². The Bertz CT molecular complexity index is 1110. The molecule has 0 aromatic heterocycles. The van der Waals surface area contributed by atoms with Crippen molar-refractivity contribution in [2.75, 3.05) is 10.2 Å². The van der Waals surface area contributed by atoms with Crippen LogP contribution in [0.15, 0.2) is 77.5 Å². The van der Waals surface area contributed by atoms with Gasteiger partial charge in [-0.15, -0.1) is 0 Å². The summed E-state index contributed by atoms with van der Waals surface area (Å²) in [5.74, 6) is -0.971. The highest BCUT2D eigenvalue weighted by atomic mass is 35.5. The molecule has 4 rings (SSSR count). The van der Waals surface area contributed by atoms with Gasteiger partial charge in [-0.3, -0.25) is 9.59 Å². The SMILES string of the molecule is CCCCc1ccc(NC2=C(Cl)C(=O)N(c3cccc4ccccc34)C2=O)cc1. The normalized spacial score (nSPS) is 14.2. The van der Waals surface area contributed by atoms with Crippen LogP contribution in [0.2, 0.25) is 0 Å². The zero-order chi connectivity index (χ0) is 20.4. The molecule has 0 atom stereocenters. The van der Waals surface area contributed by atoms with Gasteiger partial charge in [0.25, 0.3) is 11.8 Å². The number of hydrogen-bond donors (Lipinski definition) is 1. The number of nitrogens with zero attached hydrogens (tertiary/aromatic N) is 1. The number of benzene rings is 3. The molecule has 3 aromatic carbocycles. The number of nitrogens with one attached hydrogen (secondary N) is 1. The maximum absolute atomic E-state index is 13.1. The standard InChI is InChI=1S/C24H21ClN2O2/c1-2-3-7-16-12-14-18(15-13-16)26-22-21(25)23(28)27(24(22)29)20-11-6-9-17-8-4-5-10-19(17)20/h4-6,8-15,26H,2-3,7H2,1H3. The highest BCUT2D eigenvalue weighted by Crippen LogP contribution is 2.34. The van der Waals surface area contributed by atoms with Gasteiger partial charge in [0.2, 0.25) is 0 Å². The summed E-state index contributed by atoms with van der Waals surface area (Å²) >= 11 is 6.27. The van der Waals surface area contributed by atoms with E-state index in [4.69, 9.17) is 11.6 Å². The van der Waals surface area contributed by atoms with Crippen LogP contribution in [0, 0.1) is 0 Å². The second kappa shape index (κ2) is 8.10. The van der Waals surface area contributed by atoms with Crippen molar-refractivity contribution < 1.29 is 9.59 Å². The summed E-state index contributed by atoms with van der Waals surface area (Å²) in [5, 5.41) is 4.71. The van der Waals surface area contributed by atoms with Gasteiger partial charge in [-0.2, -0.15) is 0 Å². The van der Waals surface area contributed by atoms with Crippen molar-refractivity contribution in [3.8, 4) is 0 Å². The zero-order valence-electron chi connectivity index (χ0n) is 16.1. The molecular formula is C24H21ClN2O2. The first-order valence-corrected chi connectivity index (χ1v) is 10.1. The Morgan fingerprint density at radius 1 is 0.897 bits per heavy atom. The molecule has 3 aromatic rings. The lowest BCUT2D eigenvalue weighted by Crippen LogP contribution is -2.32. The highest BCUT2D eigenvalue weighted by Gasteiger charge is 2.39. The van der Waals surface area contributed by atoms with Gasteiger partial charge in [0.1, 0.15) is 10.7 Å². The fraction of sp³-hybridized carbons (Fsp3) is 0.167. The quantitative estimate of drug-likeness (QED) is 0.542. The molecule has 1 aliphatic rings. The summed E-state index contributed by atoms with van der Waals surface area (Å²) in [4.78, 5) is 27.0. The molecule has 0 saturated carbocycles. The van der Waals surface area contributed by atoms with Gasteiger partial charge in [0, 0.05) is 11.1 Å². The van der Waals surface area contributed by atoms with Crippen molar-refractivity contribution in [3.63, 3.8) is 0 Å². The Morgan fingerprint density at radius 3 is 2.38 bits per heavy atom. The first kappa shape index (κ1) is 19.2. The summed E-state index contributed by atoms with van der Waals surface area (Å²) in [5.41, 5.74) is 2.59. The molecule has 0 bridgehead atoms. The summed E-state index contributed by atoms with van der Waals surface area (Å²) in [6, 6.07) is 21.0. The van der Waals surface area contributed by atoms with Gasteiger partial charge in [-0.05, 0) is 42.0 Å². The average molecular weight is 405 g/mol. The van der Waals surface area contributed by atoms with Crippen LogP contribution >= 0.6 is 11.6 Å². The molecule has 1 heterocycles. The van der Waals surface area contributed by atoms with Crippen LogP contribution in [0.25, 0.3) is 10.8 Å². The topological polar surface area (TPSA) is 49.4 Å². The van der Waals surface area contributed by atoms with Crippen LogP contribution in [-0.2, 0) is 16.0 Å². The molecular weight excluding hydrogens is 384 g/mol. The Kier molecular flexibility index (Phi) is 5.36. The van der Waals surface area contributed by atoms with E-state index in [0.29, 0.717) is 5.69 Å². The molecule has 0 radical (unpaired) electrons. The Labute approximate surface area is 174 Å². The number of aryl methyl sites for hydroxylation is 1. The monoisotopic (exact) mass is 404 g/mol. The van der Waals surface area contributed by atoms with Gasteiger partial charge in [0.15, 0.2) is 0 Å². The first-order chi connectivity index (χ1) is 14.1. The number of anilines is 2. The molecule has 0 spiro atoms. The van der Waals surface area contributed by atoms with Crippen LogP contribution < -0.4 is 10.2 Å². The number of rotatable bonds is 6. The van der Waals surface area contributed by atoms with Crippen molar-refractivity contribution in [1.82, 2.24) is 0 Å². The van der Waals surface area contributed by atoms with E-state index in [-0.39, 0.29) is 10.7 Å². The van der Waals surface area contributed by atoms with Crippen molar-refractivity contribution >= 4 is 45.6 Å². The van der Waals surface area contributed by atoms with E-state index in [2.05, 4.69) is 12.2 Å². The number of fused-ring (bicyclic) bond motifs is 1.